The first-order valence-electron chi connectivity index (χ1n) is 4.91. The Kier molecular flexibility index (Phi) is 4.19. The Labute approximate surface area is 81.7 Å². The summed E-state index contributed by atoms with van der Waals surface area (Å²) in [4.78, 5) is 1.79. The van der Waals surface area contributed by atoms with Crippen LogP contribution in [0.25, 0.3) is 0 Å². The molecule has 14 heavy (non-hydrogen) atoms. The molecule has 0 aromatic rings. The third kappa shape index (κ3) is 4.28. The second-order valence-corrected chi connectivity index (χ2v) is 3.86. The van der Waals surface area contributed by atoms with Crippen molar-refractivity contribution in [3.05, 3.63) is 0 Å². The third-order valence-corrected chi connectivity index (χ3v) is 2.57. The molecule has 1 aliphatic rings. The average Bonchev–Trinajstić information content (AvgIpc) is 2.14. The van der Waals surface area contributed by atoms with Crippen molar-refractivity contribution in [3.8, 4) is 0 Å². The number of hydrogen-bond acceptors (Lipinski definition) is 2. The van der Waals surface area contributed by atoms with Crippen molar-refractivity contribution in [2.75, 3.05) is 26.2 Å². The molecule has 0 spiro atoms. The van der Waals surface area contributed by atoms with Crippen LogP contribution in [0.2, 0.25) is 0 Å². The zero-order valence-corrected chi connectivity index (χ0v) is 8.06. The van der Waals surface area contributed by atoms with E-state index in [1.807, 2.05) is 0 Å². The second-order valence-electron chi connectivity index (χ2n) is 3.86. The summed E-state index contributed by atoms with van der Waals surface area (Å²) in [7, 11) is 0. The van der Waals surface area contributed by atoms with Crippen LogP contribution in [-0.4, -0.2) is 42.4 Å². The fourth-order valence-corrected chi connectivity index (χ4v) is 1.79. The average molecular weight is 211 g/mol. The molecule has 2 nitrogen and oxygen atoms in total. The molecule has 0 aromatic heterocycles. The van der Waals surface area contributed by atoms with Gasteiger partial charge in [-0.25, -0.2) is 0 Å². The smallest absolute Gasteiger partial charge is 0.390 e. The molecule has 1 aliphatic heterocycles. The molecule has 1 heterocycles. The molecule has 1 N–H and O–H groups in total. The Morgan fingerprint density at radius 2 is 2.07 bits per heavy atom. The zero-order valence-electron chi connectivity index (χ0n) is 8.06. The molecular weight excluding hydrogens is 195 g/mol. The fraction of sp³-hybridized carbons (Fsp3) is 1.00. The maximum Gasteiger partial charge on any atom is 0.390 e. The quantitative estimate of drug-likeness (QED) is 0.767. The number of aliphatic hydroxyl groups is 1. The summed E-state index contributed by atoms with van der Waals surface area (Å²) in [5, 5.41) is 8.89. The van der Waals surface area contributed by atoms with Gasteiger partial charge in [-0.1, -0.05) is 0 Å². The van der Waals surface area contributed by atoms with Gasteiger partial charge in [-0.3, -0.25) is 0 Å². The maximum absolute atomic E-state index is 11.9. The Morgan fingerprint density at radius 3 is 2.64 bits per heavy atom. The normalized spacial score (nSPS) is 25.3. The Balaban J connectivity index is 2.24. The van der Waals surface area contributed by atoms with E-state index in [4.69, 9.17) is 5.11 Å². The van der Waals surface area contributed by atoms with E-state index in [0.717, 1.165) is 19.4 Å². The molecule has 1 saturated heterocycles. The maximum atomic E-state index is 11.9. The van der Waals surface area contributed by atoms with Crippen molar-refractivity contribution in [1.82, 2.24) is 4.90 Å². The van der Waals surface area contributed by atoms with Gasteiger partial charge in [-0.2, -0.15) is 13.2 Å². The minimum Gasteiger partial charge on any atom is -0.396 e. The molecule has 1 atom stereocenters. The fourth-order valence-electron chi connectivity index (χ4n) is 1.79. The first kappa shape index (κ1) is 11.8. The lowest BCUT2D eigenvalue weighted by Gasteiger charge is -2.31. The summed E-state index contributed by atoms with van der Waals surface area (Å²) in [5.74, 6) is 0.164. The number of halogens is 3. The van der Waals surface area contributed by atoms with Crippen LogP contribution in [0.4, 0.5) is 13.2 Å². The summed E-state index contributed by atoms with van der Waals surface area (Å²) in [6.45, 7) is 1.49. The zero-order chi connectivity index (χ0) is 10.6. The molecule has 0 aliphatic carbocycles. The van der Waals surface area contributed by atoms with Gasteiger partial charge >= 0.3 is 6.18 Å². The minimum absolute atomic E-state index is 0.0694. The summed E-state index contributed by atoms with van der Waals surface area (Å²) in [6, 6.07) is 0. The van der Waals surface area contributed by atoms with Gasteiger partial charge in [0.1, 0.15) is 0 Å². The lowest BCUT2D eigenvalue weighted by Crippen LogP contribution is -2.38. The highest BCUT2D eigenvalue weighted by atomic mass is 19.4. The third-order valence-electron chi connectivity index (χ3n) is 2.57. The summed E-state index contributed by atoms with van der Waals surface area (Å²) in [6.07, 6.45) is -2.99. The Morgan fingerprint density at radius 1 is 1.36 bits per heavy atom. The SMILES string of the molecule is OCC1CCCN(CCC(F)(F)F)C1. The summed E-state index contributed by atoms with van der Waals surface area (Å²) < 4.78 is 35.7. The van der Waals surface area contributed by atoms with E-state index < -0.39 is 12.6 Å². The van der Waals surface area contributed by atoms with E-state index in [1.165, 1.54) is 0 Å². The number of likely N-dealkylation sites (tertiary alicyclic amines) is 1. The van der Waals surface area contributed by atoms with Gasteiger partial charge in [0.2, 0.25) is 0 Å². The van der Waals surface area contributed by atoms with Gasteiger partial charge in [0.15, 0.2) is 0 Å². The van der Waals surface area contributed by atoms with Crippen molar-refractivity contribution in [3.63, 3.8) is 0 Å². The van der Waals surface area contributed by atoms with Crippen LogP contribution in [-0.2, 0) is 0 Å². The number of rotatable bonds is 3. The lowest BCUT2D eigenvalue weighted by atomic mass is 9.99. The van der Waals surface area contributed by atoms with Gasteiger partial charge < -0.3 is 10.0 Å². The molecule has 1 rings (SSSR count). The van der Waals surface area contributed by atoms with Crippen LogP contribution < -0.4 is 0 Å². The van der Waals surface area contributed by atoms with Crippen molar-refractivity contribution >= 4 is 0 Å². The number of nitrogens with zero attached hydrogens (tertiary/aromatic N) is 1. The molecule has 0 saturated carbocycles. The molecule has 1 fully saturated rings. The van der Waals surface area contributed by atoms with Crippen LogP contribution in [0.3, 0.4) is 0 Å². The van der Waals surface area contributed by atoms with Crippen LogP contribution in [0.1, 0.15) is 19.3 Å². The second kappa shape index (κ2) is 4.98. The van der Waals surface area contributed by atoms with Crippen LogP contribution in [0, 0.1) is 5.92 Å². The molecule has 0 aromatic carbocycles. The van der Waals surface area contributed by atoms with E-state index in [0.29, 0.717) is 6.54 Å². The minimum atomic E-state index is -4.06. The van der Waals surface area contributed by atoms with Crippen molar-refractivity contribution < 1.29 is 18.3 Å². The molecule has 84 valence electrons. The van der Waals surface area contributed by atoms with Gasteiger partial charge in [-0.05, 0) is 25.3 Å². The van der Waals surface area contributed by atoms with Crippen molar-refractivity contribution in [2.24, 2.45) is 5.92 Å². The van der Waals surface area contributed by atoms with E-state index in [9.17, 15) is 13.2 Å². The van der Waals surface area contributed by atoms with E-state index >= 15 is 0 Å². The van der Waals surface area contributed by atoms with Crippen molar-refractivity contribution in [2.45, 2.75) is 25.4 Å². The highest BCUT2D eigenvalue weighted by Crippen LogP contribution is 2.22. The van der Waals surface area contributed by atoms with Crippen molar-refractivity contribution in [1.29, 1.82) is 0 Å². The standard InChI is InChI=1S/C9H16F3NO/c10-9(11,12)3-5-13-4-1-2-8(6-13)7-14/h8,14H,1-7H2. The molecule has 0 amide bonds. The molecule has 5 heteroatoms. The van der Waals surface area contributed by atoms with Gasteiger partial charge in [0.25, 0.3) is 0 Å². The largest absolute Gasteiger partial charge is 0.396 e. The highest BCUT2D eigenvalue weighted by molar-refractivity contribution is 4.72. The predicted octanol–water partition coefficient (Wildman–Crippen LogP) is 1.64. The van der Waals surface area contributed by atoms with E-state index in [2.05, 4.69) is 0 Å². The van der Waals surface area contributed by atoms with E-state index in [-0.39, 0.29) is 19.1 Å². The Hall–Kier alpha value is -0.290. The number of hydrogen-bond donors (Lipinski definition) is 1. The van der Waals surface area contributed by atoms with Gasteiger partial charge in [0, 0.05) is 19.7 Å². The highest BCUT2D eigenvalue weighted by Gasteiger charge is 2.29. The summed E-state index contributed by atoms with van der Waals surface area (Å²) in [5.41, 5.74) is 0. The lowest BCUT2D eigenvalue weighted by molar-refractivity contribution is -0.138. The number of alkyl halides is 3. The predicted molar refractivity (Wildman–Crippen MR) is 46.9 cm³/mol. The Bertz CT molecular complexity index is 172. The van der Waals surface area contributed by atoms with Crippen LogP contribution in [0.5, 0.6) is 0 Å². The molecular formula is C9H16F3NO. The first-order valence-corrected chi connectivity index (χ1v) is 4.91. The number of aliphatic hydroxyl groups excluding tert-OH is 1. The van der Waals surface area contributed by atoms with Crippen LogP contribution >= 0.6 is 0 Å². The molecule has 0 bridgehead atoms. The summed E-state index contributed by atoms with van der Waals surface area (Å²) >= 11 is 0. The monoisotopic (exact) mass is 211 g/mol. The van der Waals surface area contributed by atoms with Crippen LogP contribution in [0.15, 0.2) is 0 Å². The molecule has 1 unspecified atom stereocenters. The van der Waals surface area contributed by atoms with Gasteiger partial charge in [-0.15, -0.1) is 0 Å². The van der Waals surface area contributed by atoms with E-state index in [1.54, 1.807) is 4.90 Å². The van der Waals surface area contributed by atoms with Gasteiger partial charge in [0.05, 0.1) is 6.42 Å². The molecule has 0 radical (unpaired) electrons. The first-order chi connectivity index (χ1) is 6.51. The topological polar surface area (TPSA) is 23.5 Å². The number of piperidine rings is 1.